The third-order valence-electron chi connectivity index (χ3n) is 6.60. The SMILES string of the molecule is O=C(O)c1ccc2c(c1)CN(Cc1cc(F)cc(F)c1)CCCCCCCN2C(=O)COc1ccccc1. The van der Waals surface area contributed by atoms with Crippen LogP contribution in [-0.4, -0.2) is 41.6 Å². The standard InChI is InChI=1S/C30H32F2N2O4/c31-25-15-22(16-26(32)18-25)19-33-13-7-2-1-3-8-14-34(29(35)21-38-27-9-5-4-6-10-27)28-12-11-23(30(36)37)17-24(28)20-33/h4-6,9-12,15-18H,1-3,7-8,13-14,19-21H2,(H,36,37). The lowest BCUT2D eigenvalue weighted by Crippen LogP contribution is -2.37. The number of halogens is 2. The Hall–Kier alpha value is -3.78. The molecule has 3 aromatic carbocycles. The van der Waals surface area contributed by atoms with Gasteiger partial charge < -0.3 is 14.7 Å². The van der Waals surface area contributed by atoms with Gasteiger partial charge in [0.2, 0.25) is 0 Å². The van der Waals surface area contributed by atoms with E-state index >= 15 is 0 Å². The van der Waals surface area contributed by atoms with E-state index in [1.54, 1.807) is 29.2 Å². The molecule has 200 valence electrons. The second-order valence-corrected chi connectivity index (χ2v) is 9.55. The Balaban J connectivity index is 1.65. The highest BCUT2D eigenvalue weighted by atomic mass is 19.1. The van der Waals surface area contributed by atoms with E-state index in [4.69, 9.17) is 4.74 Å². The number of para-hydroxylation sites is 1. The number of carbonyl (C=O) groups excluding carboxylic acids is 1. The van der Waals surface area contributed by atoms with Crippen LogP contribution >= 0.6 is 0 Å². The smallest absolute Gasteiger partial charge is 0.335 e. The van der Waals surface area contributed by atoms with Gasteiger partial charge in [-0.3, -0.25) is 9.69 Å². The van der Waals surface area contributed by atoms with Crippen LogP contribution in [-0.2, 0) is 17.9 Å². The van der Waals surface area contributed by atoms with E-state index in [9.17, 15) is 23.5 Å². The van der Waals surface area contributed by atoms with E-state index < -0.39 is 17.6 Å². The third kappa shape index (κ3) is 7.61. The number of hydrogen-bond donors (Lipinski definition) is 1. The zero-order valence-electron chi connectivity index (χ0n) is 21.2. The van der Waals surface area contributed by atoms with E-state index in [2.05, 4.69) is 0 Å². The molecule has 0 atom stereocenters. The predicted molar refractivity (Wildman–Crippen MR) is 141 cm³/mol. The number of nitrogens with zero attached hydrogens (tertiary/aromatic N) is 2. The second kappa shape index (κ2) is 13.1. The molecule has 0 radical (unpaired) electrons. The normalized spacial score (nSPS) is 15.2. The van der Waals surface area contributed by atoms with Gasteiger partial charge in [-0.25, -0.2) is 13.6 Å². The number of carboxylic acid groups (broad SMARTS) is 1. The van der Waals surface area contributed by atoms with Crippen molar-refractivity contribution < 1.29 is 28.2 Å². The topological polar surface area (TPSA) is 70.1 Å². The fourth-order valence-electron chi connectivity index (χ4n) is 4.78. The van der Waals surface area contributed by atoms with Gasteiger partial charge >= 0.3 is 5.97 Å². The first kappa shape index (κ1) is 27.3. The number of fused-ring (bicyclic) bond motifs is 1. The number of rotatable bonds is 6. The van der Waals surface area contributed by atoms with Crippen molar-refractivity contribution in [1.82, 2.24) is 4.90 Å². The molecule has 0 fully saturated rings. The Kier molecular flexibility index (Phi) is 9.43. The molecule has 0 aliphatic carbocycles. The summed E-state index contributed by atoms with van der Waals surface area (Å²) in [7, 11) is 0. The molecule has 1 amide bonds. The molecule has 0 spiro atoms. The van der Waals surface area contributed by atoms with Crippen LogP contribution in [0.2, 0.25) is 0 Å². The molecule has 4 rings (SSSR count). The minimum atomic E-state index is -1.07. The predicted octanol–water partition coefficient (Wildman–Crippen LogP) is 6.04. The zero-order chi connectivity index (χ0) is 26.9. The average Bonchev–Trinajstić information content (AvgIpc) is 2.88. The highest BCUT2D eigenvalue weighted by molar-refractivity contribution is 5.96. The van der Waals surface area contributed by atoms with Gasteiger partial charge in [0, 0.05) is 31.4 Å². The summed E-state index contributed by atoms with van der Waals surface area (Å²) in [6.07, 6.45) is 4.65. The maximum absolute atomic E-state index is 13.9. The quantitative estimate of drug-likeness (QED) is 0.427. The summed E-state index contributed by atoms with van der Waals surface area (Å²) in [6.45, 7) is 1.59. The number of amides is 1. The first-order chi connectivity index (χ1) is 18.4. The number of anilines is 1. The maximum Gasteiger partial charge on any atom is 0.335 e. The van der Waals surface area contributed by atoms with Gasteiger partial charge in [0.05, 0.1) is 5.56 Å². The lowest BCUT2D eigenvalue weighted by atomic mass is 10.0. The molecular formula is C30H32F2N2O4. The number of carbonyl (C=O) groups is 2. The minimum Gasteiger partial charge on any atom is -0.484 e. The van der Waals surface area contributed by atoms with Crippen molar-refractivity contribution in [3.8, 4) is 5.75 Å². The molecule has 0 saturated heterocycles. The maximum atomic E-state index is 13.9. The van der Waals surface area contributed by atoms with Crippen LogP contribution in [0.1, 0.15) is 53.6 Å². The first-order valence-electron chi connectivity index (χ1n) is 12.9. The highest BCUT2D eigenvalue weighted by Crippen LogP contribution is 2.27. The van der Waals surface area contributed by atoms with E-state index in [-0.39, 0.29) is 24.6 Å². The zero-order valence-corrected chi connectivity index (χ0v) is 21.2. The third-order valence-corrected chi connectivity index (χ3v) is 6.60. The van der Waals surface area contributed by atoms with Crippen LogP contribution < -0.4 is 9.64 Å². The number of carboxylic acids is 1. The van der Waals surface area contributed by atoms with Crippen molar-refractivity contribution in [2.24, 2.45) is 0 Å². The van der Waals surface area contributed by atoms with Gasteiger partial charge in [-0.2, -0.15) is 0 Å². The van der Waals surface area contributed by atoms with Gasteiger partial charge in [0.25, 0.3) is 5.91 Å². The molecule has 0 unspecified atom stereocenters. The molecule has 0 saturated carbocycles. The van der Waals surface area contributed by atoms with Gasteiger partial charge in [0.15, 0.2) is 6.61 Å². The monoisotopic (exact) mass is 522 g/mol. The Morgan fingerprint density at radius 2 is 1.53 bits per heavy atom. The van der Waals surface area contributed by atoms with Gasteiger partial charge in [-0.1, -0.05) is 37.5 Å². The number of aromatic carboxylic acids is 1. The van der Waals surface area contributed by atoms with Crippen molar-refractivity contribution in [3.05, 3.63) is 95.1 Å². The highest BCUT2D eigenvalue weighted by Gasteiger charge is 2.22. The van der Waals surface area contributed by atoms with Gasteiger partial charge in [0.1, 0.15) is 17.4 Å². The van der Waals surface area contributed by atoms with Crippen LogP contribution in [0.25, 0.3) is 0 Å². The first-order valence-corrected chi connectivity index (χ1v) is 12.9. The van der Waals surface area contributed by atoms with E-state index in [1.807, 2.05) is 23.1 Å². The van der Waals surface area contributed by atoms with Crippen LogP contribution in [0.4, 0.5) is 14.5 Å². The summed E-state index contributed by atoms with van der Waals surface area (Å²) < 4.78 is 33.5. The summed E-state index contributed by atoms with van der Waals surface area (Å²) in [6, 6.07) is 17.3. The molecule has 0 bridgehead atoms. The van der Waals surface area contributed by atoms with Crippen molar-refractivity contribution in [1.29, 1.82) is 0 Å². The van der Waals surface area contributed by atoms with Crippen molar-refractivity contribution >= 4 is 17.6 Å². The lowest BCUT2D eigenvalue weighted by molar-refractivity contribution is -0.120. The van der Waals surface area contributed by atoms with Crippen molar-refractivity contribution in [2.45, 2.75) is 45.2 Å². The van der Waals surface area contributed by atoms with Crippen LogP contribution in [0.15, 0.2) is 66.7 Å². The Bertz CT molecular complexity index is 1230. The summed E-state index contributed by atoms with van der Waals surface area (Å²) in [5, 5.41) is 9.65. The molecule has 1 heterocycles. The van der Waals surface area contributed by atoms with Gasteiger partial charge in [-0.15, -0.1) is 0 Å². The van der Waals surface area contributed by atoms with E-state index in [1.165, 1.54) is 18.2 Å². The molecule has 38 heavy (non-hydrogen) atoms. The summed E-state index contributed by atoms with van der Waals surface area (Å²) in [5.41, 5.74) is 1.89. The van der Waals surface area contributed by atoms with Crippen LogP contribution in [0.3, 0.4) is 0 Å². The number of ether oxygens (including phenoxy) is 1. The molecule has 8 heteroatoms. The Morgan fingerprint density at radius 1 is 0.842 bits per heavy atom. The molecule has 1 aliphatic rings. The Labute approximate surface area is 221 Å². The minimum absolute atomic E-state index is 0.112. The van der Waals surface area contributed by atoms with Crippen LogP contribution in [0, 0.1) is 11.6 Å². The molecule has 1 aliphatic heterocycles. The number of hydrogen-bond acceptors (Lipinski definition) is 4. The molecule has 6 nitrogen and oxygen atoms in total. The summed E-state index contributed by atoms with van der Waals surface area (Å²) >= 11 is 0. The van der Waals surface area contributed by atoms with E-state index in [0.717, 1.165) is 38.2 Å². The average molecular weight is 523 g/mol. The summed E-state index contributed by atoms with van der Waals surface area (Å²) in [4.78, 5) is 28.9. The van der Waals surface area contributed by atoms with E-state index in [0.29, 0.717) is 42.2 Å². The fraction of sp³-hybridized carbons (Fsp3) is 0.333. The van der Waals surface area contributed by atoms with Crippen molar-refractivity contribution in [3.63, 3.8) is 0 Å². The second-order valence-electron chi connectivity index (χ2n) is 9.55. The molecule has 0 aromatic heterocycles. The molecule has 3 aromatic rings. The van der Waals surface area contributed by atoms with Gasteiger partial charge in [-0.05, 0) is 73.0 Å². The number of benzene rings is 3. The van der Waals surface area contributed by atoms with Crippen molar-refractivity contribution in [2.75, 3.05) is 24.6 Å². The largest absolute Gasteiger partial charge is 0.484 e. The molecular weight excluding hydrogens is 490 g/mol. The molecule has 1 N–H and O–H groups in total. The lowest BCUT2D eigenvalue weighted by Gasteiger charge is -2.29. The van der Waals surface area contributed by atoms with Crippen LogP contribution in [0.5, 0.6) is 5.75 Å². The summed E-state index contributed by atoms with van der Waals surface area (Å²) in [5.74, 6) is -1.99. The Morgan fingerprint density at radius 3 is 2.24 bits per heavy atom. The fourth-order valence-corrected chi connectivity index (χ4v) is 4.78.